The van der Waals surface area contributed by atoms with E-state index in [-0.39, 0.29) is 0 Å². The van der Waals surface area contributed by atoms with Crippen LogP contribution in [0.25, 0.3) is 0 Å². The minimum atomic E-state index is 0.321. The molecule has 1 aromatic carbocycles. The van der Waals surface area contributed by atoms with Crippen LogP contribution in [0.5, 0.6) is 11.5 Å². The van der Waals surface area contributed by atoms with E-state index in [1.165, 1.54) is 0 Å². The molecule has 2 aliphatic rings. The van der Waals surface area contributed by atoms with Crippen molar-refractivity contribution in [2.45, 2.75) is 32.0 Å². The van der Waals surface area contributed by atoms with E-state index < -0.39 is 0 Å². The second-order valence-corrected chi connectivity index (χ2v) is 4.60. The fraction of sp³-hybridized carbons (Fsp3) is 0.538. The smallest absolute Gasteiger partial charge is 0.231 e. The Kier molecular flexibility index (Phi) is 2.81. The van der Waals surface area contributed by atoms with Crippen LogP contribution in [0.3, 0.4) is 0 Å². The summed E-state index contributed by atoms with van der Waals surface area (Å²) in [6, 6.07) is 5.91. The minimum Gasteiger partial charge on any atom is -0.454 e. The van der Waals surface area contributed by atoms with Crippen molar-refractivity contribution < 1.29 is 14.2 Å². The molecular weight excluding hydrogens is 218 g/mol. The highest BCUT2D eigenvalue weighted by Gasteiger charge is 2.21. The van der Waals surface area contributed by atoms with Crippen LogP contribution in [-0.4, -0.2) is 25.5 Å². The summed E-state index contributed by atoms with van der Waals surface area (Å²) in [5.41, 5.74) is 1.05. The van der Waals surface area contributed by atoms with Gasteiger partial charge in [0.05, 0.1) is 12.2 Å². The molecule has 4 nitrogen and oxygen atoms in total. The van der Waals surface area contributed by atoms with Gasteiger partial charge in [-0.2, -0.15) is 0 Å². The average Bonchev–Trinajstić information content (AvgIpc) is 2.94. The maximum absolute atomic E-state index is 5.76. The van der Waals surface area contributed by atoms with E-state index in [0.29, 0.717) is 19.0 Å². The minimum absolute atomic E-state index is 0.321. The molecule has 0 aromatic heterocycles. The molecule has 3 rings (SSSR count). The molecule has 1 saturated heterocycles. The van der Waals surface area contributed by atoms with Crippen LogP contribution >= 0.6 is 0 Å². The van der Waals surface area contributed by atoms with Crippen molar-refractivity contribution in [1.29, 1.82) is 0 Å². The predicted molar refractivity (Wildman–Crippen MR) is 64.6 cm³/mol. The van der Waals surface area contributed by atoms with Crippen LogP contribution in [0, 0.1) is 0 Å². The third-order valence-corrected chi connectivity index (χ3v) is 3.23. The first-order chi connectivity index (χ1) is 8.31. The first-order valence-corrected chi connectivity index (χ1v) is 6.10. The summed E-state index contributed by atoms with van der Waals surface area (Å²) >= 11 is 0. The van der Waals surface area contributed by atoms with E-state index in [9.17, 15) is 0 Å². The summed E-state index contributed by atoms with van der Waals surface area (Å²) < 4.78 is 16.4. The third kappa shape index (κ3) is 2.31. The largest absolute Gasteiger partial charge is 0.454 e. The molecule has 2 heterocycles. The van der Waals surface area contributed by atoms with E-state index >= 15 is 0 Å². The van der Waals surface area contributed by atoms with Gasteiger partial charge in [-0.25, -0.2) is 0 Å². The normalized spacial score (nSPS) is 26.2. The number of nitrogens with one attached hydrogen (secondary N) is 1. The second kappa shape index (κ2) is 4.45. The molecule has 0 spiro atoms. The molecule has 0 saturated carbocycles. The van der Waals surface area contributed by atoms with Crippen molar-refractivity contribution in [3.8, 4) is 11.5 Å². The van der Waals surface area contributed by atoms with Gasteiger partial charge in [-0.15, -0.1) is 0 Å². The Morgan fingerprint density at radius 1 is 1.24 bits per heavy atom. The maximum Gasteiger partial charge on any atom is 0.231 e. The van der Waals surface area contributed by atoms with Crippen molar-refractivity contribution >= 4 is 5.69 Å². The van der Waals surface area contributed by atoms with E-state index in [1.807, 2.05) is 18.2 Å². The fourth-order valence-corrected chi connectivity index (χ4v) is 2.27. The monoisotopic (exact) mass is 235 g/mol. The molecule has 1 fully saturated rings. The highest BCUT2D eigenvalue weighted by atomic mass is 16.7. The van der Waals surface area contributed by atoms with Crippen LogP contribution in [0.15, 0.2) is 18.2 Å². The summed E-state index contributed by atoms with van der Waals surface area (Å²) in [4.78, 5) is 0. The van der Waals surface area contributed by atoms with Crippen molar-refractivity contribution in [3.63, 3.8) is 0 Å². The standard InChI is InChI=1S/C13H17NO3/c1-9-2-4-11(17-9)7-14-10-3-5-12-13(6-10)16-8-15-12/h3,5-6,9,11,14H,2,4,7-8H2,1H3. The molecule has 2 unspecified atom stereocenters. The van der Waals surface area contributed by atoms with Crippen LogP contribution < -0.4 is 14.8 Å². The van der Waals surface area contributed by atoms with Gasteiger partial charge >= 0.3 is 0 Å². The summed E-state index contributed by atoms with van der Waals surface area (Å²) in [6.45, 7) is 3.30. The average molecular weight is 235 g/mol. The summed E-state index contributed by atoms with van der Waals surface area (Å²) in [5.74, 6) is 1.64. The Bertz CT molecular complexity index is 408. The Hall–Kier alpha value is -1.42. The summed E-state index contributed by atoms with van der Waals surface area (Å²) in [7, 11) is 0. The molecule has 2 atom stereocenters. The predicted octanol–water partition coefficient (Wildman–Crippen LogP) is 2.39. The lowest BCUT2D eigenvalue weighted by Gasteiger charge is -2.13. The van der Waals surface area contributed by atoms with Crippen LogP contribution in [0.1, 0.15) is 19.8 Å². The van der Waals surface area contributed by atoms with Gasteiger partial charge in [0.1, 0.15) is 0 Å². The number of fused-ring (bicyclic) bond motifs is 1. The van der Waals surface area contributed by atoms with E-state index in [2.05, 4.69) is 12.2 Å². The van der Waals surface area contributed by atoms with E-state index in [1.54, 1.807) is 0 Å². The number of ether oxygens (including phenoxy) is 3. The molecule has 92 valence electrons. The van der Waals surface area contributed by atoms with Gasteiger partial charge < -0.3 is 19.5 Å². The van der Waals surface area contributed by atoms with E-state index in [4.69, 9.17) is 14.2 Å². The van der Waals surface area contributed by atoms with Gasteiger partial charge in [0.25, 0.3) is 0 Å². The molecule has 17 heavy (non-hydrogen) atoms. The third-order valence-electron chi connectivity index (χ3n) is 3.23. The molecule has 1 N–H and O–H groups in total. The topological polar surface area (TPSA) is 39.7 Å². The SMILES string of the molecule is CC1CCC(CNc2ccc3c(c2)OCO3)O1. The van der Waals surface area contributed by atoms with Gasteiger partial charge in [-0.3, -0.25) is 0 Å². The number of hydrogen-bond acceptors (Lipinski definition) is 4. The van der Waals surface area contributed by atoms with Crippen molar-refractivity contribution in [3.05, 3.63) is 18.2 Å². The molecule has 0 amide bonds. The fourth-order valence-electron chi connectivity index (χ4n) is 2.27. The van der Waals surface area contributed by atoms with Crippen molar-refractivity contribution in [1.82, 2.24) is 0 Å². The summed E-state index contributed by atoms with van der Waals surface area (Å²) in [6.07, 6.45) is 3.03. The van der Waals surface area contributed by atoms with Crippen molar-refractivity contribution in [2.24, 2.45) is 0 Å². The molecular formula is C13H17NO3. The Labute approximate surface area is 101 Å². The lowest BCUT2D eigenvalue weighted by Crippen LogP contribution is -2.19. The lowest BCUT2D eigenvalue weighted by atomic mass is 10.2. The van der Waals surface area contributed by atoms with Crippen LogP contribution in [0.2, 0.25) is 0 Å². The quantitative estimate of drug-likeness (QED) is 0.873. The number of benzene rings is 1. The van der Waals surface area contributed by atoms with Gasteiger partial charge in [-0.1, -0.05) is 0 Å². The first-order valence-electron chi connectivity index (χ1n) is 6.10. The van der Waals surface area contributed by atoms with Gasteiger partial charge in [0, 0.05) is 18.3 Å². The highest BCUT2D eigenvalue weighted by molar-refractivity contribution is 5.55. The van der Waals surface area contributed by atoms with Crippen molar-refractivity contribution in [2.75, 3.05) is 18.7 Å². The Morgan fingerprint density at radius 2 is 2.12 bits per heavy atom. The van der Waals surface area contributed by atoms with Gasteiger partial charge in [0.2, 0.25) is 6.79 Å². The summed E-state index contributed by atoms with van der Waals surface area (Å²) in [5, 5.41) is 3.38. The first kappa shape index (κ1) is 10.7. The Morgan fingerprint density at radius 3 is 2.94 bits per heavy atom. The number of hydrogen-bond donors (Lipinski definition) is 1. The molecule has 4 heteroatoms. The zero-order valence-electron chi connectivity index (χ0n) is 9.94. The van der Waals surface area contributed by atoms with Gasteiger partial charge in [-0.05, 0) is 31.9 Å². The molecule has 2 aliphatic heterocycles. The number of anilines is 1. The molecule has 0 radical (unpaired) electrons. The lowest BCUT2D eigenvalue weighted by molar-refractivity contribution is 0.0637. The zero-order valence-corrected chi connectivity index (χ0v) is 9.94. The van der Waals surface area contributed by atoms with Crippen LogP contribution in [-0.2, 0) is 4.74 Å². The molecule has 0 bridgehead atoms. The maximum atomic E-state index is 5.76. The molecule has 0 aliphatic carbocycles. The second-order valence-electron chi connectivity index (χ2n) is 4.60. The zero-order chi connectivity index (χ0) is 11.7. The van der Waals surface area contributed by atoms with Crippen LogP contribution in [0.4, 0.5) is 5.69 Å². The highest BCUT2D eigenvalue weighted by Crippen LogP contribution is 2.34. The molecule has 1 aromatic rings. The Balaban J connectivity index is 1.58. The van der Waals surface area contributed by atoms with Gasteiger partial charge in [0.15, 0.2) is 11.5 Å². The number of rotatable bonds is 3. The van der Waals surface area contributed by atoms with E-state index in [0.717, 1.165) is 36.6 Å².